The SMILES string of the molecule is O=S(=O)(C1C=CC=C1)N1C/C=C/CN(S(=O)(=O)C2C=CC=C2)C/C=C/CN(S(=O)(=O)C2C=CC=C2)C/C=C/C1. The van der Waals surface area contributed by atoms with E-state index in [1.54, 1.807) is 109 Å². The lowest BCUT2D eigenvalue weighted by atomic mass is 10.4. The van der Waals surface area contributed by atoms with Crippen LogP contribution in [0.1, 0.15) is 0 Å². The minimum Gasteiger partial charge on any atom is -0.211 e. The van der Waals surface area contributed by atoms with Gasteiger partial charge in [0.15, 0.2) is 0 Å². The summed E-state index contributed by atoms with van der Waals surface area (Å²) < 4.78 is 83.6. The predicted octanol–water partition coefficient (Wildman–Crippen LogP) is 2.05. The van der Waals surface area contributed by atoms with Gasteiger partial charge in [-0.05, 0) is 0 Å². The molecule has 12 heteroatoms. The molecule has 0 saturated heterocycles. The first-order chi connectivity index (χ1) is 18.6. The van der Waals surface area contributed by atoms with Crippen molar-refractivity contribution in [2.45, 2.75) is 15.7 Å². The molecule has 0 aromatic rings. The van der Waals surface area contributed by atoms with Gasteiger partial charge in [0.25, 0.3) is 0 Å². The molecule has 0 radical (unpaired) electrons. The third kappa shape index (κ3) is 6.94. The maximum atomic E-state index is 13.3. The van der Waals surface area contributed by atoms with Crippen molar-refractivity contribution in [3.8, 4) is 0 Å². The molecule has 9 nitrogen and oxygen atoms in total. The lowest BCUT2D eigenvalue weighted by Gasteiger charge is -2.23. The number of sulfonamides is 3. The molecule has 4 rings (SSSR count). The molecule has 1 heterocycles. The maximum Gasteiger partial charge on any atom is 0.224 e. The van der Waals surface area contributed by atoms with Crippen molar-refractivity contribution in [1.29, 1.82) is 0 Å². The van der Waals surface area contributed by atoms with E-state index in [0.29, 0.717) is 0 Å². The lowest BCUT2D eigenvalue weighted by Crippen LogP contribution is -2.38. The van der Waals surface area contributed by atoms with E-state index >= 15 is 0 Å². The van der Waals surface area contributed by atoms with Gasteiger partial charge < -0.3 is 0 Å². The Labute approximate surface area is 232 Å². The molecule has 39 heavy (non-hydrogen) atoms. The predicted molar refractivity (Wildman–Crippen MR) is 155 cm³/mol. The van der Waals surface area contributed by atoms with Crippen LogP contribution in [0.25, 0.3) is 0 Å². The second-order valence-corrected chi connectivity index (χ2v) is 15.5. The van der Waals surface area contributed by atoms with E-state index < -0.39 is 45.8 Å². The van der Waals surface area contributed by atoms with Gasteiger partial charge in [0.1, 0.15) is 15.7 Å². The molecular formula is C27H33N3O6S3. The fraction of sp³-hybridized carbons (Fsp3) is 0.333. The minimum absolute atomic E-state index is 0.0392. The van der Waals surface area contributed by atoms with Gasteiger partial charge in [0, 0.05) is 39.3 Å². The summed E-state index contributed by atoms with van der Waals surface area (Å²) in [6.07, 6.45) is 29.5. The van der Waals surface area contributed by atoms with E-state index in [1.165, 1.54) is 12.9 Å². The Morgan fingerprint density at radius 2 is 0.538 bits per heavy atom. The number of hydrogen-bond acceptors (Lipinski definition) is 6. The Hall–Kier alpha value is -2.61. The van der Waals surface area contributed by atoms with Gasteiger partial charge in [-0.3, -0.25) is 0 Å². The first-order valence-electron chi connectivity index (χ1n) is 12.6. The fourth-order valence-electron chi connectivity index (χ4n) is 4.35. The average molecular weight is 592 g/mol. The molecule has 0 N–H and O–H groups in total. The second-order valence-electron chi connectivity index (χ2n) is 9.20. The van der Waals surface area contributed by atoms with Gasteiger partial charge in [-0.15, -0.1) is 0 Å². The largest absolute Gasteiger partial charge is 0.224 e. The summed E-state index contributed by atoms with van der Waals surface area (Å²) in [5.74, 6) is 0. The number of hydrogen-bond donors (Lipinski definition) is 0. The molecule has 0 bridgehead atoms. The van der Waals surface area contributed by atoms with E-state index in [9.17, 15) is 25.3 Å². The molecule has 3 aliphatic carbocycles. The summed E-state index contributed by atoms with van der Waals surface area (Å²) in [5, 5.41) is -2.37. The van der Waals surface area contributed by atoms with Crippen LogP contribution in [0.3, 0.4) is 0 Å². The molecule has 0 aromatic heterocycles. The number of rotatable bonds is 6. The molecular weight excluding hydrogens is 559 g/mol. The summed E-state index contributed by atoms with van der Waals surface area (Å²) in [4.78, 5) is 0. The molecule has 0 atom stereocenters. The van der Waals surface area contributed by atoms with Gasteiger partial charge in [-0.1, -0.05) is 109 Å². The van der Waals surface area contributed by atoms with E-state index in [-0.39, 0.29) is 39.3 Å². The molecule has 210 valence electrons. The zero-order chi connectivity index (χ0) is 27.9. The molecule has 0 aromatic carbocycles. The highest BCUT2D eigenvalue weighted by Crippen LogP contribution is 2.19. The minimum atomic E-state index is -3.74. The number of allylic oxidation sites excluding steroid dienone is 6. The van der Waals surface area contributed by atoms with Crippen LogP contribution in [0.4, 0.5) is 0 Å². The molecule has 0 amide bonds. The molecule has 0 unspecified atom stereocenters. The van der Waals surface area contributed by atoms with E-state index in [0.717, 1.165) is 0 Å². The number of nitrogens with zero attached hydrogens (tertiary/aromatic N) is 3. The highest BCUT2D eigenvalue weighted by molar-refractivity contribution is 7.90. The van der Waals surface area contributed by atoms with Crippen molar-refractivity contribution in [3.63, 3.8) is 0 Å². The highest BCUT2D eigenvalue weighted by Gasteiger charge is 2.31. The monoisotopic (exact) mass is 591 g/mol. The Morgan fingerprint density at radius 3 is 0.718 bits per heavy atom. The quantitative estimate of drug-likeness (QED) is 0.437. The lowest BCUT2D eigenvalue weighted by molar-refractivity contribution is 0.464. The van der Waals surface area contributed by atoms with Gasteiger partial charge in [0.2, 0.25) is 30.1 Å². The van der Waals surface area contributed by atoms with E-state index in [1.807, 2.05) is 0 Å². The zero-order valence-corrected chi connectivity index (χ0v) is 23.8. The highest BCUT2D eigenvalue weighted by atomic mass is 32.2. The van der Waals surface area contributed by atoms with Crippen molar-refractivity contribution in [3.05, 3.63) is 109 Å². The van der Waals surface area contributed by atoms with Crippen LogP contribution in [0, 0.1) is 0 Å². The Balaban J connectivity index is 1.63. The Kier molecular flexibility index (Phi) is 9.57. The van der Waals surface area contributed by atoms with Crippen LogP contribution < -0.4 is 0 Å². The van der Waals surface area contributed by atoms with Crippen LogP contribution in [-0.4, -0.2) is 93.2 Å². The van der Waals surface area contributed by atoms with Gasteiger partial charge >= 0.3 is 0 Å². The molecule has 0 spiro atoms. The first-order valence-corrected chi connectivity index (χ1v) is 17.1. The topological polar surface area (TPSA) is 112 Å². The third-order valence-electron chi connectivity index (χ3n) is 6.60. The molecule has 0 saturated carbocycles. The van der Waals surface area contributed by atoms with E-state index in [2.05, 4.69) is 0 Å². The molecule has 4 aliphatic rings. The van der Waals surface area contributed by atoms with Gasteiger partial charge in [-0.2, -0.15) is 12.9 Å². The summed E-state index contributed by atoms with van der Waals surface area (Å²) >= 11 is 0. The first kappa shape index (κ1) is 29.4. The van der Waals surface area contributed by atoms with Crippen LogP contribution >= 0.6 is 0 Å². The second kappa shape index (κ2) is 12.7. The van der Waals surface area contributed by atoms with E-state index in [4.69, 9.17) is 0 Å². The third-order valence-corrected chi connectivity index (χ3v) is 12.7. The maximum absolute atomic E-state index is 13.3. The summed E-state index contributed by atoms with van der Waals surface area (Å²) in [7, 11) is -11.2. The summed E-state index contributed by atoms with van der Waals surface area (Å²) in [6, 6.07) is 0. The van der Waals surface area contributed by atoms with Crippen LogP contribution in [0.15, 0.2) is 109 Å². The smallest absolute Gasteiger partial charge is 0.211 e. The Morgan fingerprint density at radius 1 is 0.359 bits per heavy atom. The summed E-state index contributed by atoms with van der Waals surface area (Å²) in [5.41, 5.74) is 0. The standard InChI is InChI=1S/C27H33N3O6S3/c31-37(32,25-13-1-2-14-25)28-19-7-9-21-29(38(33,34)26-15-3-4-16-26)23-11-12-24-30(22-10-8-20-28)39(35,36)27-17-5-6-18-27/h1-18,25-27H,19-24H2/b9-7+,10-8+,12-11+. The van der Waals surface area contributed by atoms with Crippen molar-refractivity contribution in [1.82, 2.24) is 12.9 Å². The van der Waals surface area contributed by atoms with Crippen molar-refractivity contribution in [2.24, 2.45) is 0 Å². The Bertz CT molecular complexity index is 1260. The zero-order valence-electron chi connectivity index (χ0n) is 21.4. The van der Waals surface area contributed by atoms with Crippen LogP contribution in [-0.2, 0) is 30.1 Å². The fourth-order valence-corrected chi connectivity index (χ4v) is 8.88. The molecule has 0 fully saturated rings. The summed E-state index contributed by atoms with van der Waals surface area (Å²) in [6.45, 7) is 0.235. The average Bonchev–Trinajstić information content (AvgIpc) is 3.70. The van der Waals surface area contributed by atoms with Crippen molar-refractivity contribution in [2.75, 3.05) is 39.3 Å². The van der Waals surface area contributed by atoms with Crippen molar-refractivity contribution < 1.29 is 25.3 Å². The van der Waals surface area contributed by atoms with Gasteiger partial charge in [0.05, 0.1) is 0 Å². The molecule has 1 aliphatic heterocycles. The van der Waals surface area contributed by atoms with Crippen LogP contribution in [0.5, 0.6) is 0 Å². The van der Waals surface area contributed by atoms with Crippen molar-refractivity contribution >= 4 is 30.1 Å². The normalized spacial score (nSPS) is 25.8. The van der Waals surface area contributed by atoms with Crippen LogP contribution in [0.2, 0.25) is 0 Å². The van der Waals surface area contributed by atoms with Gasteiger partial charge in [-0.25, -0.2) is 25.3 Å².